The van der Waals surface area contributed by atoms with Crippen LogP contribution in [0.25, 0.3) is 0 Å². The van der Waals surface area contributed by atoms with Gasteiger partial charge in [-0.05, 0) is 30.5 Å². The first kappa shape index (κ1) is 12.8. The molecule has 1 amide bonds. The monoisotopic (exact) mass is 241 g/mol. The molecule has 1 aromatic carbocycles. The summed E-state index contributed by atoms with van der Waals surface area (Å²) in [5, 5.41) is 12.3. The Hall–Kier alpha value is -1.22. The van der Waals surface area contributed by atoms with Crippen molar-refractivity contribution in [3.63, 3.8) is 0 Å². The summed E-state index contributed by atoms with van der Waals surface area (Å²) in [6.45, 7) is 4.31. The highest BCUT2D eigenvalue weighted by atomic mass is 35.5. The van der Waals surface area contributed by atoms with Crippen LogP contribution in [0.15, 0.2) is 18.2 Å². The van der Waals surface area contributed by atoms with Crippen LogP contribution in [0.5, 0.6) is 5.75 Å². The van der Waals surface area contributed by atoms with E-state index in [1.807, 2.05) is 13.8 Å². The molecule has 1 unspecified atom stereocenters. The normalized spacial score (nSPS) is 12.2. The van der Waals surface area contributed by atoms with Crippen LogP contribution in [0.4, 0.5) is 0 Å². The summed E-state index contributed by atoms with van der Waals surface area (Å²) in [7, 11) is 0. The first-order valence-corrected chi connectivity index (χ1v) is 5.71. The topological polar surface area (TPSA) is 49.3 Å². The standard InChI is InChI=1S/C12H16ClNO2/c1-8-3-4-10(11(15)5-8)12(16)14-7-9(2)6-13/h3-5,9,15H,6-7H2,1-2H3,(H,14,16). The minimum atomic E-state index is -0.269. The Labute approximate surface area is 100 Å². The number of aryl methyl sites for hydroxylation is 1. The van der Waals surface area contributed by atoms with Crippen molar-refractivity contribution in [2.45, 2.75) is 13.8 Å². The Bertz CT molecular complexity index is 379. The first-order chi connectivity index (χ1) is 7.54. The van der Waals surface area contributed by atoms with Crippen molar-refractivity contribution in [2.75, 3.05) is 12.4 Å². The summed E-state index contributed by atoms with van der Waals surface area (Å²) in [5.74, 6) is 0.462. The Morgan fingerprint density at radius 1 is 1.56 bits per heavy atom. The van der Waals surface area contributed by atoms with Gasteiger partial charge in [-0.15, -0.1) is 11.6 Å². The number of benzene rings is 1. The van der Waals surface area contributed by atoms with E-state index in [1.54, 1.807) is 18.2 Å². The van der Waals surface area contributed by atoms with Crippen LogP contribution in [0.3, 0.4) is 0 Å². The van der Waals surface area contributed by atoms with E-state index in [1.165, 1.54) is 0 Å². The molecule has 0 aromatic heterocycles. The van der Waals surface area contributed by atoms with E-state index < -0.39 is 0 Å². The summed E-state index contributed by atoms with van der Waals surface area (Å²) in [4.78, 5) is 11.7. The van der Waals surface area contributed by atoms with E-state index in [0.717, 1.165) is 5.56 Å². The predicted octanol–water partition coefficient (Wildman–Crippen LogP) is 2.31. The molecule has 4 heteroatoms. The van der Waals surface area contributed by atoms with Crippen LogP contribution in [-0.4, -0.2) is 23.4 Å². The number of phenolic OH excluding ortho intramolecular Hbond substituents is 1. The highest BCUT2D eigenvalue weighted by Gasteiger charge is 2.11. The summed E-state index contributed by atoms with van der Waals surface area (Å²) >= 11 is 5.63. The lowest BCUT2D eigenvalue weighted by molar-refractivity contribution is 0.0946. The van der Waals surface area contributed by atoms with Gasteiger partial charge in [-0.2, -0.15) is 0 Å². The van der Waals surface area contributed by atoms with Crippen molar-refractivity contribution in [3.8, 4) is 5.75 Å². The average molecular weight is 242 g/mol. The highest BCUT2D eigenvalue weighted by Crippen LogP contribution is 2.18. The molecule has 0 saturated carbocycles. The van der Waals surface area contributed by atoms with Gasteiger partial charge in [-0.3, -0.25) is 4.79 Å². The molecule has 1 rings (SSSR count). The van der Waals surface area contributed by atoms with Gasteiger partial charge in [0.1, 0.15) is 5.75 Å². The van der Waals surface area contributed by atoms with E-state index in [9.17, 15) is 9.90 Å². The number of hydrogen-bond donors (Lipinski definition) is 2. The Kier molecular flexibility index (Phi) is 4.62. The second-order valence-corrected chi connectivity index (χ2v) is 4.30. The van der Waals surface area contributed by atoms with Crippen molar-refractivity contribution in [1.29, 1.82) is 0 Å². The van der Waals surface area contributed by atoms with Crippen LogP contribution < -0.4 is 5.32 Å². The molecule has 0 aliphatic heterocycles. The molecule has 0 radical (unpaired) electrons. The predicted molar refractivity (Wildman–Crippen MR) is 65.1 cm³/mol. The maximum absolute atomic E-state index is 11.7. The molecular formula is C12H16ClNO2. The van der Waals surface area contributed by atoms with Gasteiger partial charge in [0.25, 0.3) is 5.91 Å². The zero-order valence-corrected chi connectivity index (χ0v) is 10.2. The quantitative estimate of drug-likeness (QED) is 0.795. The molecule has 88 valence electrons. The lowest BCUT2D eigenvalue weighted by atomic mass is 10.1. The third-order valence-corrected chi connectivity index (χ3v) is 2.80. The SMILES string of the molecule is Cc1ccc(C(=O)NCC(C)CCl)c(O)c1. The Balaban J connectivity index is 2.66. The van der Waals surface area contributed by atoms with Crippen LogP contribution in [-0.2, 0) is 0 Å². The minimum Gasteiger partial charge on any atom is -0.507 e. The van der Waals surface area contributed by atoms with Gasteiger partial charge in [-0.1, -0.05) is 13.0 Å². The molecule has 16 heavy (non-hydrogen) atoms. The average Bonchev–Trinajstić information content (AvgIpc) is 2.25. The molecule has 0 spiro atoms. The van der Waals surface area contributed by atoms with E-state index in [0.29, 0.717) is 18.0 Å². The zero-order chi connectivity index (χ0) is 12.1. The highest BCUT2D eigenvalue weighted by molar-refractivity contribution is 6.18. The molecule has 0 bridgehead atoms. The third kappa shape index (κ3) is 3.42. The fourth-order valence-electron chi connectivity index (χ4n) is 1.25. The largest absolute Gasteiger partial charge is 0.507 e. The van der Waals surface area contributed by atoms with E-state index in [2.05, 4.69) is 5.32 Å². The van der Waals surface area contributed by atoms with Gasteiger partial charge in [0.15, 0.2) is 0 Å². The number of rotatable bonds is 4. The Morgan fingerprint density at radius 3 is 2.81 bits per heavy atom. The van der Waals surface area contributed by atoms with Crippen molar-refractivity contribution >= 4 is 17.5 Å². The van der Waals surface area contributed by atoms with Gasteiger partial charge in [0.05, 0.1) is 5.56 Å². The summed E-state index contributed by atoms with van der Waals surface area (Å²) in [6.07, 6.45) is 0. The van der Waals surface area contributed by atoms with Crippen molar-refractivity contribution in [3.05, 3.63) is 29.3 Å². The summed E-state index contributed by atoms with van der Waals surface area (Å²) in [6, 6.07) is 4.98. The number of aromatic hydroxyl groups is 1. The molecule has 0 fully saturated rings. The molecule has 2 N–H and O–H groups in total. The van der Waals surface area contributed by atoms with Crippen molar-refractivity contribution in [1.82, 2.24) is 5.32 Å². The molecule has 0 aliphatic carbocycles. The van der Waals surface area contributed by atoms with Gasteiger partial charge in [0.2, 0.25) is 0 Å². The minimum absolute atomic E-state index is 0.0102. The van der Waals surface area contributed by atoms with E-state index in [-0.39, 0.29) is 17.6 Å². The number of halogens is 1. The maximum Gasteiger partial charge on any atom is 0.255 e. The van der Waals surface area contributed by atoms with Gasteiger partial charge in [0, 0.05) is 12.4 Å². The molecule has 1 aromatic rings. The number of carbonyl (C=O) groups is 1. The second-order valence-electron chi connectivity index (χ2n) is 3.99. The first-order valence-electron chi connectivity index (χ1n) is 5.18. The lowest BCUT2D eigenvalue weighted by Crippen LogP contribution is -2.28. The number of nitrogens with one attached hydrogen (secondary N) is 1. The zero-order valence-electron chi connectivity index (χ0n) is 9.46. The second kappa shape index (κ2) is 5.75. The molecule has 0 aliphatic rings. The number of phenols is 1. The molecule has 1 atom stereocenters. The van der Waals surface area contributed by atoms with E-state index >= 15 is 0 Å². The summed E-state index contributed by atoms with van der Waals surface area (Å²) < 4.78 is 0. The number of carbonyl (C=O) groups excluding carboxylic acids is 1. The van der Waals surface area contributed by atoms with Crippen LogP contribution in [0, 0.1) is 12.8 Å². The van der Waals surface area contributed by atoms with Gasteiger partial charge >= 0.3 is 0 Å². The maximum atomic E-state index is 11.7. The van der Waals surface area contributed by atoms with Gasteiger partial charge in [-0.25, -0.2) is 0 Å². The van der Waals surface area contributed by atoms with Crippen molar-refractivity contribution < 1.29 is 9.90 Å². The fraction of sp³-hybridized carbons (Fsp3) is 0.417. The molecule has 3 nitrogen and oxygen atoms in total. The molecular weight excluding hydrogens is 226 g/mol. The number of alkyl halides is 1. The van der Waals surface area contributed by atoms with Gasteiger partial charge < -0.3 is 10.4 Å². The fourth-order valence-corrected chi connectivity index (χ4v) is 1.36. The number of hydrogen-bond acceptors (Lipinski definition) is 2. The van der Waals surface area contributed by atoms with Crippen LogP contribution in [0.2, 0.25) is 0 Å². The smallest absolute Gasteiger partial charge is 0.255 e. The lowest BCUT2D eigenvalue weighted by Gasteiger charge is -2.10. The van der Waals surface area contributed by atoms with Crippen molar-refractivity contribution in [2.24, 2.45) is 5.92 Å². The molecule has 0 heterocycles. The van der Waals surface area contributed by atoms with Crippen LogP contribution in [0.1, 0.15) is 22.8 Å². The third-order valence-electron chi connectivity index (χ3n) is 2.27. The Morgan fingerprint density at radius 2 is 2.25 bits per heavy atom. The molecule has 0 saturated heterocycles. The number of amides is 1. The summed E-state index contributed by atoms with van der Waals surface area (Å²) in [5.41, 5.74) is 1.22. The van der Waals surface area contributed by atoms with Crippen LogP contribution >= 0.6 is 11.6 Å². The van der Waals surface area contributed by atoms with E-state index in [4.69, 9.17) is 11.6 Å².